The summed E-state index contributed by atoms with van der Waals surface area (Å²) in [4.78, 5) is 17.1. The lowest BCUT2D eigenvalue weighted by atomic mass is 10.4. The van der Waals surface area contributed by atoms with E-state index >= 15 is 0 Å². The van der Waals surface area contributed by atoms with Crippen molar-refractivity contribution >= 4 is 22.4 Å². The number of alkyl halides is 3. The molecule has 0 saturated heterocycles. The second-order valence-corrected chi connectivity index (χ2v) is 4.93. The number of carbonyl (C=O) groups is 1. The van der Waals surface area contributed by atoms with Crippen LogP contribution in [0.4, 0.5) is 18.3 Å². The summed E-state index contributed by atoms with van der Waals surface area (Å²) in [6, 6.07) is 0. The van der Waals surface area contributed by atoms with Crippen molar-refractivity contribution in [1.29, 1.82) is 0 Å². The lowest BCUT2D eigenvalue weighted by Crippen LogP contribution is -2.34. The number of esters is 1. The number of halogens is 3. The molecule has 19 heavy (non-hydrogen) atoms. The highest BCUT2D eigenvalue weighted by Crippen LogP contribution is 2.28. The summed E-state index contributed by atoms with van der Waals surface area (Å²) in [5.74, 6) is -0.606. The van der Waals surface area contributed by atoms with Crippen molar-refractivity contribution < 1.29 is 22.7 Å². The fraction of sp³-hybridized carbons (Fsp3) is 0.636. The molecule has 0 atom stereocenters. The third-order valence-corrected chi connectivity index (χ3v) is 3.31. The molecule has 1 heterocycles. The van der Waals surface area contributed by atoms with Gasteiger partial charge in [-0.1, -0.05) is 0 Å². The van der Waals surface area contributed by atoms with Crippen molar-refractivity contribution in [2.24, 2.45) is 0 Å². The molecule has 0 radical (unpaired) electrons. The Hall–Kier alpha value is -1.31. The van der Waals surface area contributed by atoms with Gasteiger partial charge in [-0.3, -0.25) is 0 Å². The third kappa shape index (κ3) is 4.38. The Balaban J connectivity index is 2.95. The maximum atomic E-state index is 12.4. The van der Waals surface area contributed by atoms with Gasteiger partial charge in [-0.15, -0.1) is 11.3 Å². The molecule has 0 N–H and O–H groups in total. The molecular weight excluding hydrogens is 281 g/mol. The van der Waals surface area contributed by atoms with E-state index < -0.39 is 18.7 Å². The highest BCUT2D eigenvalue weighted by molar-refractivity contribution is 7.15. The van der Waals surface area contributed by atoms with Crippen molar-refractivity contribution in [3.8, 4) is 0 Å². The predicted octanol–water partition coefficient (Wildman–Crippen LogP) is 3.02. The van der Waals surface area contributed by atoms with Crippen molar-refractivity contribution in [3.05, 3.63) is 10.6 Å². The Kier molecular flexibility index (Phi) is 5.16. The van der Waals surface area contributed by atoms with Gasteiger partial charge in [0.25, 0.3) is 0 Å². The van der Waals surface area contributed by atoms with Crippen LogP contribution in [0.5, 0.6) is 0 Å². The summed E-state index contributed by atoms with van der Waals surface area (Å²) in [6.07, 6.45) is -4.31. The van der Waals surface area contributed by atoms with Crippen LogP contribution < -0.4 is 4.90 Å². The smallest absolute Gasteiger partial charge is 0.406 e. The van der Waals surface area contributed by atoms with Crippen LogP contribution in [0.3, 0.4) is 0 Å². The van der Waals surface area contributed by atoms with Crippen LogP contribution in [-0.4, -0.2) is 36.8 Å². The van der Waals surface area contributed by atoms with E-state index in [4.69, 9.17) is 4.74 Å². The van der Waals surface area contributed by atoms with Gasteiger partial charge in [-0.2, -0.15) is 13.2 Å². The molecule has 108 valence electrons. The monoisotopic (exact) mass is 296 g/mol. The number of thiazole rings is 1. The second-order valence-electron chi connectivity index (χ2n) is 3.75. The number of nitrogens with zero attached hydrogens (tertiary/aromatic N) is 2. The van der Waals surface area contributed by atoms with Gasteiger partial charge < -0.3 is 9.64 Å². The van der Waals surface area contributed by atoms with Crippen molar-refractivity contribution in [2.45, 2.75) is 26.9 Å². The standard InChI is InChI=1S/C11H15F3N2O2S/c1-4-16(6-11(12,13)14)10-15-8(7(3)19-10)9(17)18-5-2/h4-6H2,1-3H3. The molecule has 0 aliphatic heterocycles. The zero-order valence-electron chi connectivity index (χ0n) is 10.9. The maximum Gasteiger partial charge on any atom is 0.406 e. The van der Waals surface area contributed by atoms with Crippen molar-refractivity contribution in [2.75, 3.05) is 24.6 Å². The van der Waals surface area contributed by atoms with Crippen LogP contribution in [0.1, 0.15) is 29.2 Å². The number of hydrogen-bond acceptors (Lipinski definition) is 5. The molecule has 0 aliphatic rings. The number of aryl methyl sites for hydroxylation is 1. The molecule has 8 heteroatoms. The minimum Gasteiger partial charge on any atom is -0.461 e. The van der Waals surface area contributed by atoms with Gasteiger partial charge in [0.15, 0.2) is 10.8 Å². The molecule has 1 aromatic heterocycles. The average molecular weight is 296 g/mol. The van der Waals surface area contributed by atoms with Gasteiger partial charge in [0.1, 0.15) is 6.54 Å². The van der Waals surface area contributed by atoms with Gasteiger partial charge in [0.05, 0.1) is 6.61 Å². The van der Waals surface area contributed by atoms with Crippen LogP contribution in [0, 0.1) is 6.92 Å². The van der Waals surface area contributed by atoms with E-state index in [1.54, 1.807) is 20.8 Å². The Bertz CT molecular complexity index is 446. The third-order valence-electron chi connectivity index (χ3n) is 2.28. The Morgan fingerprint density at radius 2 is 2.05 bits per heavy atom. The normalized spacial score (nSPS) is 11.5. The van der Waals surface area contributed by atoms with E-state index in [-0.39, 0.29) is 24.0 Å². The average Bonchev–Trinajstić information content (AvgIpc) is 2.67. The summed E-state index contributed by atoms with van der Waals surface area (Å²) < 4.78 is 42.0. The van der Waals surface area contributed by atoms with E-state index in [9.17, 15) is 18.0 Å². The minimum atomic E-state index is -4.31. The van der Waals surface area contributed by atoms with Crippen LogP contribution >= 0.6 is 11.3 Å². The molecule has 1 rings (SSSR count). The molecule has 0 bridgehead atoms. The molecule has 0 unspecified atom stereocenters. The first-order chi connectivity index (χ1) is 8.78. The number of aromatic nitrogens is 1. The largest absolute Gasteiger partial charge is 0.461 e. The van der Waals surface area contributed by atoms with E-state index in [0.717, 1.165) is 16.2 Å². The zero-order valence-corrected chi connectivity index (χ0v) is 11.7. The SMILES string of the molecule is CCOC(=O)c1nc(N(CC)CC(F)(F)F)sc1C. The predicted molar refractivity (Wildman–Crippen MR) is 66.7 cm³/mol. The van der Waals surface area contributed by atoms with Gasteiger partial charge in [-0.05, 0) is 20.8 Å². The number of hydrogen-bond donors (Lipinski definition) is 0. The number of anilines is 1. The molecule has 0 aliphatic carbocycles. The van der Waals surface area contributed by atoms with Crippen LogP contribution in [0.25, 0.3) is 0 Å². The molecule has 0 spiro atoms. The summed E-state index contributed by atoms with van der Waals surface area (Å²) >= 11 is 1.06. The Morgan fingerprint density at radius 1 is 1.42 bits per heavy atom. The van der Waals surface area contributed by atoms with E-state index in [2.05, 4.69) is 4.98 Å². The number of carbonyl (C=O) groups excluding carboxylic acids is 1. The molecule has 0 saturated carbocycles. The Labute approximate surface area is 113 Å². The Morgan fingerprint density at radius 3 is 2.53 bits per heavy atom. The van der Waals surface area contributed by atoms with Crippen molar-refractivity contribution in [3.63, 3.8) is 0 Å². The van der Waals surface area contributed by atoms with Gasteiger partial charge in [0, 0.05) is 11.4 Å². The maximum absolute atomic E-state index is 12.4. The van der Waals surface area contributed by atoms with Gasteiger partial charge in [0.2, 0.25) is 0 Å². The van der Waals surface area contributed by atoms with E-state index in [1.165, 1.54) is 0 Å². The highest BCUT2D eigenvalue weighted by Gasteiger charge is 2.32. The molecule has 0 aromatic carbocycles. The van der Waals surface area contributed by atoms with Gasteiger partial charge >= 0.3 is 12.1 Å². The topological polar surface area (TPSA) is 42.4 Å². The number of ether oxygens (including phenoxy) is 1. The van der Waals surface area contributed by atoms with Crippen LogP contribution in [0.15, 0.2) is 0 Å². The van der Waals surface area contributed by atoms with Crippen LogP contribution in [-0.2, 0) is 4.74 Å². The summed E-state index contributed by atoms with van der Waals surface area (Å²) in [5, 5.41) is 0.181. The highest BCUT2D eigenvalue weighted by atomic mass is 32.1. The first-order valence-electron chi connectivity index (χ1n) is 5.74. The van der Waals surface area contributed by atoms with E-state index in [1.807, 2.05) is 0 Å². The fourth-order valence-electron chi connectivity index (χ4n) is 1.44. The molecular formula is C11H15F3N2O2S. The quantitative estimate of drug-likeness (QED) is 0.783. The summed E-state index contributed by atoms with van der Waals surface area (Å²) in [7, 11) is 0. The summed E-state index contributed by atoms with van der Waals surface area (Å²) in [6.45, 7) is 4.17. The number of rotatable bonds is 5. The molecule has 0 fully saturated rings. The summed E-state index contributed by atoms with van der Waals surface area (Å²) in [5.41, 5.74) is 0.0856. The van der Waals surface area contributed by atoms with E-state index in [0.29, 0.717) is 4.88 Å². The first-order valence-corrected chi connectivity index (χ1v) is 6.56. The lowest BCUT2D eigenvalue weighted by molar-refractivity contribution is -0.119. The first kappa shape index (κ1) is 15.7. The second kappa shape index (κ2) is 6.23. The fourth-order valence-corrected chi connectivity index (χ4v) is 2.40. The van der Waals surface area contributed by atoms with Crippen molar-refractivity contribution in [1.82, 2.24) is 4.98 Å². The minimum absolute atomic E-state index is 0.0856. The van der Waals surface area contributed by atoms with Gasteiger partial charge in [-0.25, -0.2) is 9.78 Å². The lowest BCUT2D eigenvalue weighted by Gasteiger charge is -2.21. The molecule has 0 amide bonds. The molecule has 4 nitrogen and oxygen atoms in total. The zero-order chi connectivity index (χ0) is 14.6. The molecule has 1 aromatic rings. The van der Waals surface area contributed by atoms with Crippen LogP contribution in [0.2, 0.25) is 0 Å².